The van der Waals surface area contributed by atoms with Gasteiger partial charge in [0.05, 0.1) is 5.25 Å². The van der Waals surface area contributed by atoms with E-state index in [1.807, 2.05) is 42.5 Å². The van der Waals surface area contributed by atoms with E-state index in [1.54, 1.807) is 0 Å². The van der Waals surface area contributed by atoms with Crippen LogP contribution in [0.5, 0.6) is 17.2 Å². The lowest BCUT2D eigenvalue weighted by Crippen LogP contribution is -2.48. The predicted molar refractivity (Wildman–Crippen MR) is 171 cm³/mol. The Hall–Kier alpha value is -3.49. The van der Waals surface area contributed by atoms with Gasteiger partial charge >= 0.3 is 0 Å². The first kappa shape index (κ1) is 31.0. The minimum Gasteiger partial charge on any atom is -0.492 e. The number of fused-ring (bicyclic) bond motifs is 1. The number of carbonyl (C=O) groups is 2. The summed E-state index contributed by atoms with van der Waals surface area (Å²) in [6.45, 7) is 14.4. The molecule has 0 saturated carbocycles. The quantitative estimate of drug-likeness (QED) is 0.251. The zero-order valence-corrected chi connectivity index (χ0v) is 26.6. The van der Waals surface area contributed by atoms with E-state index >= 15 is 0 Å². The molecule has 0 spiro atoms. The summed E-state index contributed by atoms with van der Waals surface area (Å²) in [6.07, 6.45) is 2.41. The second-order valence-corrected chi connectivity index (χ2v) is 13.0. The molecule has 228 valence electrons. The average Bonchev–Trinajstić information content (AvgIpc) is 3.32. The van der Waals surface area contributed by atoms with Gasteiger partial charge in [0.25, 0.3) is 5.24 Å². The van der Waals surface area contributed by atoms with Crippen molar-refractivity contribution in [3.63, 3.8) is 0 Å². The van der Waals surface area contributed by atoms with Crippen LogP contribution in [0.2, 0.25) is 0 Å². The Kier molecular flexibility index (Phi) is 9.67. The van der Waals surface area contributed by atoms with Crippen molar-refractivity contribution in [1.82, 2.24) is 10.2 Å². The molecule has 43 heavy (non-hydrogen) atoms. The summed E-state index contributed by atoms with van der Waals surface area (Å²) in [5.41, 5.74) is 6.60. The molecule has 7 nitrogen and oxygen atoms in total. The van der Waals surface area contributed by atoms with E-state index in [4.69, 9.17) is 14.2 Å². The van der Waals surface area contributed by atoms with E-state index in [9.17, 15) is 9.59 Å². The highest BCUT2D eigenvalue weighted by Crippen LogP contribution is 2.44. The van der Waals surface area contributed by atoms with Crippen molar-refractivity contribution >= 4 is 22.9 Å². The van der Waals surface area contributed by atoms with Crippen LogP contribution >= 0.6 is 11.8 Å². The second kappa shape index (κ2) is 13.4. The topological polar surface area (TPSA) is 77.1 Å². The van der Waals surface area contributed by atoms with Crippen LogP contribution in [0.4, 0.5) is 4.79 Å². The first-order valence-electron chi connectivity index (χ1n) is 15.1. The van der Waals surface area contributed by atoms with Gasteiger partial charge in [-0.15, -0.1) is 0 Å². The number of nitrogens with zero attached hydrogens (tertiary/aromatic N) is 1. The van der Waals surface area contributed by atoms with Gasteiger partial charge in [0.15, 0.2) is 0 Å². The van der Waals surface area contributed by atoms with Crippen molar-refractivity contribution in [2.45, 2.75) is 71.3 Å². The van der Waals surface area contributed by atoms with Crippen LogP contribution in [0, 0.1) is 20.8 Å². The number of imide groups is 1. The number of hydrogen-bond acceptors (Lipinski definition) is 7. The zero-order valence-electron chi connectivity index (χ0n) is 25.8. The molecule has 2 aliphatic heterocycles. The summed E-state index contributed by atoms with van der Waals surface area (Å²) in [7, 11) is 0. The normalized spacial score (nSPS) is 19.6. The number of amides is 2. The lowest BCUT2D eigenvalue weighted by atomic mass is 9.86. The number of ether oxygens (including phenoxy) is 3. The summed E-state index contributed by atoms with van der Waals surface area (Å²) in [4.78, 5) is 25.7. The van der Waals surface area contributed by atoms with Crippen LogP contribution in [-0.2, 0) is 24.2 Å². The van der Waals surface area contributed by atoms with E-state index < -0.39 is 0 Å². The Morgan fingerprint density at radius 3 is 2.40 bits per heavy atom. The van der Waals surface area contributed by atoms with Gasteiger partial charge in [-0.05, 0) is 93.5 Å². The summed E-state index contributed by atoms with van der Waals surface area (Å²) in [5.74, 6) is 2.57. The van der Waals surface area contributed by atoms with Crippen LogP contribution in [0.25, 0.3) is 0 Å². The number of likely N-dealkylation sites (N-methyl/N-ethyl adjacent to an activating group) is 1. The molecule has 2 aliphatic rings. The summed E-state index contributed by atoms with van der Waals surface area (Å²) in [6, 6.07) is 18.1. The minimum atomic E-state index is -0.362. The molecule has 0 radical (unpaired) electrons. The maximum absolute atomic E-state index is 11.8. The highest BCUT2D eigenvalue weighted by Gasteiger charge is 2.36. The highest BCUT2D eigenvalue weighted by molar-refractivity contribution is 8.15. The van der Waals surface area contributed by atoms with Crippen molar-refractivity contribution in [2.24, 2.45) is 0 Å². The SMILES string of the molecule is CCN(CCOc1ccc(CC2SC(=O)NC2=O)cc1)CC1(C)CCc2c(C)c(OCc3ccccc3)c(C)c(C)c2O1. The molecule has 0 aromatic heterocycles. The molecule has 8 heteroatoms. The van der Waals surface area contributed by atoms with Crippen molar-refractivity contribution in [3.8, 4) is 17.2 Å². The number of thioether (sulfide) groups is 1. The molecule has 5 rings (SSSR count). The van der Waals surface area contributed by atoms with E-state index in [2.05, 4.69) is 57.0 Å². The third-order valence-corrected chi connectivity index (χ3v) is 9.56. The molecule has 3 aromatic rings. The fourth-order valence-electron chi connectivity index (χ4n) is 5.92. The Bertz CT molecular complexity index is 1460. The zero-order chi connectivity index (χ0) is 30.6. The molecule has 0 aliphatic carbocycles. The first-order chi connectivity index (χ1) is 20.7. The molecule has 0 bridgehead atoms. The van der Waals surface area contributed by atoms with Crippen LogP contribution in [0.1, 0.15) is 53.6 Å². The third kappa shape index (κ3) is 7.36. The summed E-state index contributed by atoms with van der Waals surface area (Å²) in [5, 5.41) is 1.71. The van der Waals surface area contributed by atoms with Crippen molar-refractivity contribution < 1.29 is 23.8 Å². The first-order valence-corrected chi connectivity index (χ1v) is 16.0. The van der Waals surface area contributed by atoms with Crippen molar-refractivity contribution in [1.29, 1.82) is 0 Å². The van der Waals surface area contributed by atoms with Gasteiger partial charge in [-0.2, -0.15) is 0 Å². The van der Waals surface area contributed by atoms with E-state index in [-0.39, 0.29) is 22.0 Å². The van der Waals surface area contributed by atoms with Gasteiger partial charge in [-0.1, -0.05) is 61.2 Å². The highest BCUT2D eigenvalue weighted by atomic mass is 32.2. The van der Waals surface area contributed by atoms with E-state index in [1.165, 1.54) is 11.1 Å². The lowest BCUT2D eigenvalue weighted by molar-refractivity contribution is -0.118. The van der Waals surface area contributed by atoms with Gasteiger partial charge < -0.3 is 14.2 Å². The van der Waals surface area contributed by atoms with E-state index in [0.29, 0.717) is 19.6 Å². The number of hydrogen-bond donors (Lipinski definition) is 1. The van der Waals surface area contributed by atoms with Gasteiger partial charge in [0, 0.05) is 18.7 Å². The molecule has 2 unspecified atom stereocenters. The average molecular weight is 603 g/mol. The Balaban J connectivity index is 1.16. The molecule has 3 aromatic carbocycles. The smallest absolute Gasteiger partial charge is 0.286 e. The van der Waals surface area contributed by atoms with Gasteiger partial charge in [0.1, 0.15) is 36.1 Å². The van der Waals surface area contributed by atoms with Crippen LogP contribution in [0.3, 0.4) is 0 Å². The van der Waals surface area contributed by atoms with E-state index in [0.717, 1.165) is 83.7 Å². The summed E-state index contributed by atoms with van der Waals surface area (Å²) < 4.78 is 19.2. The minimum absolute atomic E-state index is 0.216. The molecular formula is C35H42N2O5S. The molecular weight excluding hydrogens is 560 g/mol. The maximum atomic E-state index is 11.8. The van der Waals surface area contributed by atoms with Crippen molar-refractivity contribution in [3.05, 3.63) is 88.0 Å². The van der Waals surface area contributed by atoms with Crippen LogP contribution in [0.15, 0.2) is 54.6 Å². The standard InChI is InChI=1S/C35H42N2O5S/c1-6-37(18-19-40-28-14-12-26(13-15-28)20-30-33(38)36-34(39)43-30)22-35(5)17-16-29-25(4)31(23(2)24(3)32(29)42-35)41-21-27-10-8-7-9-11-27/h7-15,30H,6,16-22H2,1-5H3,(H,36,38,39). The molecule has 1 fully saturated rings. The Labute approximate surface area is 259 Å². The molecule has 1 saturated heterocycles. The number of rotatable bonds is 12. The largest absolute Gasteiger partial charge is 0.492 e. The third-order valence-electron chi connectivity index (χ3n) is 8.58. The van der Waals surface area contributed by atoms with Gasteiger partial charge in [0.2, 0.25) is 5.91 Å². The number of carbonyl (C=O) groups excluding carboxylic acids is 2. The number of nitrogens with one attached hydrogen (secondary N) is 1. The molecule has 2 amide bonds. The van der Waals surface area contributed by atoms with Crippen LogP contribution in [-0.4, -0.2) is 53.1 Å². The second-order valence-electron chi connectivity index (χ2n) is 11.8. The lowest BCUT2D eigenvalue weighted by Gasteiger charge is -2.41. The number of benzene rings is 3. The molecule has 2 atom stereocenters. The fraction of sp³-hybridized carbons (Fsp3) is 0.429. The maximum Gasteiger partial charge on any atom is 0.286 e. The Morgan fingerprint density at radius 2 is 1.72 bits per heavy atom. The molecule has 2 heterocycles. The van der Waals surface area contributed by atoms with Crippen LogP contribution < -0.4 is 19.5 Å². The summed E-state index contributed by atoms with van der Waals surface area (Å²) >= 11 is 1.05. The Morgan fingerprint density at radius 1 is 0.977 bits per heavy atom. The van der Waals surface area contributed by atoms with Gasteiger partial charge in [-0.3, -0.25) is 19.8 Å². The monoisotopic (exact) mass is 602 g/mol. The fourth-order valence-corrected chi connectivity index (χ4v) is 6.78. The molecule has 1 N–H and O–H groups in total. The van der Waals surface area contributed by atoms with Gasteiger partial charge in [-0.25, -0.2) is 0 Å². The van der Waals surface area contributed by atoms with Crippen molar-refractivity contribution in [2.75, 3.05) is 26.2 Å². The predicted octanol–water partition coefficient (Wildman–Crippen LogP) is 6.57.